The van der Waals surface area contributed by atoms with Crippen molar-refractivity contribution in [3.63, 3.8) is 0 Å². The van der Waals surface area contributed by atoms with E-state index < -0.39 is 5.97 Å². The summed E-state index contributed by atoms with van der Waals surface area (Å²) < 4.78 is 20.8. The van der Waals surface area contributed by atoms with E-state index >= 15 is 0 Å². The molecule has 1 amide bonds. The molecule has 0 bridgehead atoms. The molecule has 0 N–H and O–H groups in total. The quantitative estimate of drug-likeness (QED) is 0.602. The Morgan fingerprint density at radius 2 is 1.94 bits per heavy atom. The van der Waals surface area contributed by atoms with Gasteiger partial charge >= 0.3 is 5.97 Å². The molecule has 0 atom stereocenters. The largest absolute Gasteiger partial charge is 0.462 e. The fourth-order valence-electron chi connectivity index (χ4n) is 4.06. The van der Waals surface area contributed by atoms with E-state index in [1.54, 1.807) is 30.9 Å². The van der Waals surface area contributed by atoms with E-state index in [1.807, 2.05) is 13.8 Å². The smallest absolute Gasteiger partial charge is 0.343 e. The number of anilines is 1. The first kappa shape index (κ1) is 23.0. The predicted octanol–water partition coefficient (Wildman–Crippen LogP) is 5.06. The van der Waals surface area contributed by atoms with Crippen molar-refractivity contribution < 1.29 is 18.7 Å². The molecule has 1 fully saturated rings. The van der Waals surface area contributed by atoms with Gasteiger partial charge < -0.3 is 4.74 Å². The van der Waals surface area contributed by atoms with Crippen LogP contribution in [0.1, 0.15) is 69.3 Å². The second-order valence-corrected chi connectivity index (χ2v) is 8.72. The van der Waals surface area contributed by atoms with Crippen LogP contribution >= 0.6 is 0 Å². The summed E-state index contributed by atoms with van der Waals surface area (Å²) in [7, 11) is 0. The summed E-state index contributed by atoms with van der Waals surface area (Å²) in [5.74, 6) is -0.129. The molecule has 1 aromatic carbocycles. The lowest BCUT2D eigenvalue weighted by Crippen LogP contribution is -2.43. The number of aromatic nitrogens is 2. The van der Waals surface area contributed by atoms with Crippen LogP contribution in [-0.4, -0.2) is 34.3 Å². The van der Waals surface area contributed by atoms with Crippen LogP contribution < -0.4 is 4.90 Å². The second-order valence-electron chi connectivity index (χ2n) is 8.72. The van der Waals surface area contributed by atoms with E-state index in [1.165, 1.54) is 16.9 Å². The summed E-state index contributed by atoms with van der Waals surface area (Å²) in [6.45, 7) is 9.64. The van der Waals surface area contributed by atoms with Gasteiger partial charge in [0.15, 0.2) is 5.82 Å². The maximum absolute atomic E-state index is 14.1. The molecule has 1 heterocycles. The molecule has 0 unspecified atom stereocenters. The van der Waals surface area contributed by atoms with E-state index in [0.717, 1.165) is 25.7 Å². The van der Waals surface area contributed by atoms with Gasteiger partial charge in [0.25, 0.3) is 0 Å². The predicted molar refractivity (Wildman–Crippen MR) is 118 cm³/mol. The monoisotopic (exact) mass is 429 g/mol. The van der Waals surface area contributed by atoms with Gasteiger partial charge in [0.1, 0.15) is 11.4 Å². The zero-order valence-corrected chi connectivity index (χ0v) is 19.0. The Morgan fingerprint density at radius 1 is 1.26 bits per heavy atom. The number of carbonyl (C=O) groups is 2. The Kier molecular flexibility index (Phi) is 7.13. The number of halogens is 1. The molecule has 1 aliphatic carbocycles. The van der Waals surface area contributed by atoms with Gasteiger partial charge in [0.05, 0.1) is 12.3 Å². The van der Waals surface area contributed by atoms with E-state index in [0.29, 0.717) is 17.2 Å². The summed E-state index contributed by atoms with van der Waals surface area (Å²) in [6.07, 6.45) is 5.22. The SMILES string of the molecule is CCOC(=O)c1cn(-c2ccc(C)c(F)c2)nc1N(C(=O)[C@H]1CC[C@H](C)CC1)C(C)C. The summed E-state index contributed by atoms with van der Waals surface area (Å²) >= 11 is 0. The zero-order valence-electron chi connectivity index (χ0n) is 19.0. The van der Waals surface area contributed by atoms with Gasteiger partial charge in [-0.05, 0) is 77.0 Å². The van der Waals surface area contributed by atoms with Crippen LogP contribution in [0.4, 0.5) is 10.2 Å². The third kappa shape index (κ3) is 4.97. The van der Waals surface area contributed by atoms with Gasteiger partial charge in [-0.1, -0.05) is 13.0 Å². The van der Waals surface area contributed by atoms with Crippen LogP contribution in [0.3, 0.4) is 0 Å². The number of esters is 1. The first-order valence-electron chi connectivity index (χ1n) is 11.1. The van der Waals surface area contributed by atoms with Crippen molar-refractivity contribution in [2.24, 2.45) is 11.8 Å². The van der Waals surface area contributed by atoms with Gasteiger partial charge in [-0.2, -0.15) is 0 Å². The first-order chi connectivity index (χ1) is 14.7. The number of benzene rings is 1. The molecule has 0 radical (unpaired) electrons. The molecule has 0 saturated heterocycles. The average Bonchev–Trinajstić information content (AvgIpc) is 3.15. The fourth-order valence-corrected chi connectivity index (χ4v) is 4.06. The number of aryl methyl sites for hydroxylation is 1. The summed E-state index contributed by atoms with van der Waals surface area (Å²) in [5, 5.41) is 4.56. The van der Waals surface area contributed by atoms with Crippen molar-refractivity contribution in [2.45, 2.75) is 66.3 Å². The van der Waals surface area contributed by atoms with Gasteiger partial charge in [-0.3, -0.25) is 9.69 Å². The molecular formula is C24H32FN3O3. The molecule has 1 aromatic heterocycles. The van der Waals surface area contributed by atoms with Gasteiger partial charge in [0.2, 0.25) is 5.91 Å². The van der Waals surface area contributed by atoms with Crippen molar-refractivity contribution in [3.8, 4) is 5.69 Å². The molecule has 2 aromatic rings. The Bertz CT molecular complexity index is 946. The van der Waals surface area contributed by atoms with Crippen LogP contribution in [0.5, 0.6) is 0 Å². The van der Waals surface area contributed by atoms with Crippen molar-refractivity contribution in [2.75, 3.05) is 11.5 Å². The highest BCUT2D eigenvalue weighted by Gasteiger charge is 2.34. The van der Waals surface area contributed by atoms with Crippen LogP contribution in [0, 0.1) is 24.6 Å². The fraction of sp³-hybridized carbons (Fsp3) is 0.542. The van der Waals surface area contributed by atoms with E-state index in [4.69, 9.17) is 4.74 Å². The Hall–Kier alpha value is -2.70. The molecule has 1 aliphatic rings. The zero-order chi connectivity index (χ0) is 22.7. The minimum absolute atomic E-state index is 0.0206. The highest BCUT2D eigenvalue weighted by Crippen LogP contribution is 2.33. The Labute approximate surface area is 183 Å². The summed E-state index contributed by atoms with van der Waals surface area (Å²) in [6, 6.07) is 4.56. The van der Waals surface area contributed by atoms with Gasteiger partial charge in [-0.15, -0.1) is 5.10 Å². The number of nitrogens with zero attached hydrogens (tertiary/aromatic N) is 3. The van der Waals surface area contributed by atoms with E-state index in [9.17, 15) is 14.0 Å². The van der Waals surface area contributed by atoms with Gasteiger partial charge in [-0.25, -0.2) is 13.9 Å². The molecule has 6 nitrogen and oxygen atoms in total. The number of hydrogen-bond donors (Lipinski definition) is 0. The standard InChI is InChI=1S/C24H32FN3O3/c1-6-31-24(30)20-14-27(19-12-9-17(5)21(25)13-19)26-22(20)28(15(2)3)23(29)18-10-7-16(4)8-11-18/h9,12-16,18H,6-8,10-11H2,1-5H3/t16-,18-. The van der Waals surface area contributed by atoms with Crippen LogP contribution in [-0.2, 0) is 9.53 Å². The number of hydrogen-bond acceptors (Lipinski definition) is 4. The highest BCUT2D eigenvalue weighted by atomic mass is 19.1. The molecular weight excluding hydrogens is 397 g/mol. The molecule has 31 heavy (non-hydrogen) atoms. The van der Waals surface area contributed by atoms with Crippen LogP contribution in [0.25, 0.3) is 5.69 Å². The maximum atomic E-state index is 14.1. The third-order valence-corrected chi connectivity index (χ3v) is 5.96. The topological polar surface area (TPSA) is 64.4 Å². The van der Waals surface area contributed by atoms with Gasteiger partial charge in [0, 0.05) is 18.2 Å². The number of carbonyl (C=O) groups excluding carboxylic acids is 2. The molecule has 0 aliphatic heterocycles. The minimum Gasteiger partial charge on any atom is -0.462 e. The van der Waals surface area contributed by atoms with E-state index in [-0.39, 0.29) is 41.7 Å². The van der Waals surface area contributed by atoms with Crippen LogP contribution in [0.2, 0.25) is 0 Å². The average molecular weight is 430 g/mol. The number of amides is 1. The molecule has 0 spiro atoms. The van der Waals surface area contributed by atoms with E-state index in [2.05, 4.69) is 12.0 Å². The number of rotatable bonds is 6. The van der Waals surface area contributed by atoms with Crippen molar-refractivity contribution >= 4 is 17.7 Å². The Balaban J connectivity index is 2.04. The lowest BCUT2D eigenvalue weighted by molar-refractivity contribution is -0.124. The first-order valence-corrected chi connectivity index (χ1v) is 11.1. The molecule has 1 saturated carbocycles. The lowest BCUT2D eigenvalue weighted by Gasteiger charge is -2.32. The molecule has 3 rings (SSSR count). The highest BCUT2D eigenvalue weighted by molar-refractivity contribution is 6.02. The number of ether oxygens (including phenoxy) is 1. The maximum Gasteiger partial charge on any atom is 0.343 e. The minimum atomic E-state index is -0.549. The summed E-state index contributed by atoms with van der Waals surface area (Å²) in [5.41, 5.74) is 1.20. The summed E-state index contributed by atoms with van der Waals surface area (Å²) in [4.78, 5) is 27.8. The van der Waals surface area contributed by atoms with Crippen LogP contribution in [0.15, 0.2) is 24.4 Å². The third-order valence-electron chi connectivity index (χ3n) is 5.96. The second kappa shape index (κ2) is 9.62. The normalized spacial score (nSPS) is 18.8. The molecule has 168 valence electrons. The Morgan fingerprint density at radius 3 is 2.52 bits per heavy atom. The molecule has 7 heteroatoms. The van der Waals surface area contributed by atoms with Crippen molar-refractivity contribution in [3.05, 3.63) is 41.3 Å². The van der Waals surface area contributed by atoms with Crippen molar-refractivity contribution in [1.29, 1.82) is 0 Å². The van der Waals surface area contributed by atoms with Crippen molar-refractivity contribution in [1.82, 2.24) is 9.78 Å². The lowest BCUT2D eigenvalue weighted by atomic mass is 9.82.